The first-order valence-corrected chi connectivity index (χ1v) is 7.87. The standard InChI is InChI=1S/C15H19BrN4/c1-3-19-6-7-20(10-11(19)2)14-4-5-17-13-8-12(16)9-18-15(13)14/h4-5,8-9,11H,3,6-7,10H2,1-2H3. The van der Waals surface area contributed by atoms with Crippen molar-refractivity contribution >= 4 is 32.7 Å². The topological polar surface area (TPSA) is 32.3 Å². The molecule has 2 aromatic heterocycles. The molecule has 20 heavy (non-hydrogen) atoms. The molecule has 1 aliphatic rings. The molecule has 0 aromatic carbocycles. The van der Waals surface area contributed by atoms with Crippen LogP contribution in [0.3, 0.4) is 0 Å². The SMILES string of the molecule is CCN1CCN(c2ccnc3cc(Br)cnc23)CC1C. The summed E-state index contributed by atoms with van der Waals surface area (Å²) in [5.74, 6) is 0. The molecular formula is C15H19BrN4. The monoisotopic (exact) mass is 334 g/mol. The highest BCUT2D eigenvalue weighted by Gasteiger charge is 2.23. The number of piperazine rings is 1. The first kappa shape index (κ1) is 13.8. The van der Waals surface area contributed by atoms with Crippen molar-refractivity contribution in [1.29, 1.82) is 0 Å². The van der Waals surface area contributed by atoms with Crippen LogP contribution < -0.4 is 4.90 Å². The molecule has 0 saturated carbocycles. The fourth-order valence-corrected chi connectivity index (χ4v) is 3.25. The van der Waals surface area contributed by atoms with Gasteiger partial charge in [-0.25, -0.2) is 0 Å². The maximum Gasteiger partial charge on any atom is 0.112 e. The van der Waals surface area contributed by atoms with E-state index in [1.807, 2.05) is 18.5 Å². The van der Waals surface area contributed by atoms with E-state index in [4.69, 9.17) is 0 Å². The van der Waals surface area contributed by atoms with E-state index in [9.17, 15) is 0 Å². The minimum atomic E-state index is 0.576. The Morgan fingerprint density at radius 2 is 2.20 bits per heavy atom. The molecule has 1 saturated heterocycles. The Morgan fingerprint density at radius 1 is 1.35 bits per heavy atom. The van der Waals surface area contributed by atoms with Gasteiger partial charge >= 0.3 is 0 Å². The van der Waals surface area contributed by atoms with Gasteiger partial charge in [-0.15, -0.1) is 0 Å². The summed E-state index contributed by atoms with van der Waals surface area (Å²) in [6.45, 7) is 8.85. The van der Waals surface area contributed by atoms with Crippen LogP contribution in [0.25, 0.3) is 11.0 Å². The zero-order chi connectivity index (χ0) is 14.1. The third-order valence-corrected chi connectivity index (χ3v) is 4.47. The van der Waals surface area contributed by atoms with E-state index in [1.54, 1.807) is 0 Å². The van der Waals surface area contributed by atoms with Crippen LogP contribution in [0.4, 0.5) is 5.69 Å². The first-order chi connectivity index (χ1) is 9.69. The van der Waals surface area contributed by atoms with Gasteiger partial charge in [0.15, 0.2) is 0 Å². The van der Waals surface area contributed by atoms with Gasteiger partial charge in [-0.1, -0.05) is 6.92 Å². The molecule has 106 valence electrons. The fourth-order valence-electron chi connectivity index (χ4n) is 2.93. The molecule has 3 rings (SSSR count). The Morgan fingerprint density at radius 3 is 2.95 bits per heavy atom. The van der Waals surface area contributed by atoms with Crippen molar-refractivity contribution in [3.63, 3.8) is 0 Å². The van der Waals surface area contributed by atoms with Crippen molar-refractivity contribution in [2.45, 2.75) is 19.9 Å². The summed E-state index contributed by atoms with van der Waals surface area (Å²) in [5.41, 5.74) is 3.14. The summed E-state index contributed by atoms with van der Waals surface area (Å²) in [5, 5.41) is 0. The van der Waals surface area contributed by atoms with Crippen LogP contribution in [-0.2, 0) is 0 Å². The number of nitrogens with zero attached hydrogens (tertiary/aromatic N) is 4. The molecule has 0 amide bonds. The predicted molar refractivity (Wildman–Crippen MR) is 86.2 cm³/mol. The lowest BCUT2D eigenvalue weighted by molar-refractivity contribution is 0.199. The predicted octanol–water partition coefficient (Wildman–Crippen LogP) is 2.92. The Hall–Kier alpha value is -1.20. The number of rotatable bonds is 2. The zero-order valence-electron chi connectivity index (χ0n) is 11.9. The normalized spacial score (nSPS) is 20.6. The second kappa shape index (κ2) is 5.66. The van der Waals surface area contributed by atoms with Gasteiger partial charge in [0, 0.05) is 42.5 Å². The molecule has 0 aliphatic carbocycles. The summed E-state index contributed by atoms with van der Waals surface area (Å²) in [6, 6.07) is 4.68. The zero-order valence-corrected chi connectivity index (χ0v) is 13.5. The van der Waals surface area contributed by atoms with E-state index in [0.29, 0.717) is 6.04 Å². The largest absolute Gasteiger partial charge is 0.367 e. The van der Waals surface area contributed by atoms with Gasteiger partial charge in [-0.05, 0) is 41.5 Å². The van der Waals surface area contributed by atoms with Crippen LogP contribution in [-0.4, -0.2) is 47.1 Å². The summed E-state index contributed by atoms with van der Waals surface area (Å²) in [6.07, 6.45) is 3.72. The number of halogens is 1. The van der Waals surface area contributed by atoms with E-state index in [1.165, 1.54) is 5.69 Å². The first-order valence-electron chi connectivity index (χ1n) is 7.08. The van der Waals surface area contributed by atoms with Crippen LogP contribution in [0.15, 0.2) is 29.0 Å². The highest BCUT2D eigenvalue weighted by Crippen LogP contribution is 2.27. The Balaban J connectivity index is 1.95. The van der Waals surface area contributed by atoms with E-state index >= 15 is 0 Å². The number of fused-ring (bicyclic) bond motifs is 1. The third kappa shape index (κ3) is 2.52. The lowest BCUT2D eigenvalue weighted by Crippen LogP contribution is -2.51. The Labute approximate surface area is 127 Å². The molecule has 5 heteroatoms. The lowest BCUT2D eigenvalue weighted by Gasteiger charge is -2.40. The van der Waals surface area contributed by atoms with E-state index in [-0.39, 0.29) is 0 Å². The van der Waals surface area contributed by atoms with Crippen molar-refractivity contribution < 1.29 is 0 Å². The van der Waals surface area contributed by atoms with Crippen LogP contribution in [0, 0.1) is 0 Å². The molecule has 2 aromatic rings. The van der Waals surface area contributed by atoms with E-state index in [2.05, 4.69) is 55.6 Å². The van der Waals surface area contributed by atoms with Gasteiger partial charge in [0.1, 0.15) is 5.52 Å². The van der Waals surface area contributed by atoms with Crippen LogP contribution in [0.1, 0.15) is 13.8 Å². The molecule has 0 N–H and O–H groups in total. The number of pyridine rings is 2. The average molecular weight is 335 g/mol. The fraction of sp³-hybridized carbons (Fsp3) is 0.467. The number of hydrogen-bond acceptors (Lipinski definition) is 4. The highest BCUT2D eigenvalue weighted by atomic mass is 79.9. The molecule has 0 spiro atoms. The molecule has 1 fully saturated rings. The Bertz CT molecular complexity index is 616. The van der Waals surface area contributed by atoms with Crippen molar-refractivity contribution in [2.24, 2.45) is 0 Å². The number of aromatic nitrogens is 2. The molecule has 1 unspecified atom stereocenters. The summed E-state index contributed by atoms with van der Waals surface area (Å²) >= 11 is 3.46. The Kier molecular flexibility index (Phi) is 3.89. The molecule has 0 bridgehead atoms. The second-order valence-electron chi connectivity index (χ2n) is 5.27. The molecule has 4 nitrogen and oxygen atoms in total. The maximum absolute atomic E-state index is 4.56. The van der Waals surface area contributed by atoms with Crippen LogP contribution >= 0.6 is 15.9 Å². The minimum absolute atomic E-state index is 0.576. The maximum atomic E-state index is 4.56. The van der Waals surface area contributed by atoms with E-state index < -0.39 is 0 Å². The van der Waals surface area contributed by atoms with Crippen LogP contribution in [0.5, 0.6) is 0 Å². The van der Waals surface area contributed by atoms with Crippen LogP contribution in [0.2, 0.25) is 0 Å². The third-order valence-electron chi connectivity index (χ3n) is 4.03. The minimum Gasteiger partial charge on any atom is -0.367 e. The van der Waals surface area contributed by atoms with Gasteiger partial charge in [-0.2, -0.15) is 0 Å². The second-order valence-corrected chi connectivity index (χ2v) is 6.19. The van der Waals surface area contributed by atoms with Crippen molar-refractivity contribution in [1.82, 2.24) is 14.9 Å². The number of likely N-dealkylation sites (N-methyl/N-ethyl adjacent to an activating group) is 1. The summed E-state index contributed by atoms with van der Waals surface area (Å²) in [4.78, 5) is 13.9. The highest BCUT2D eigenvalue weighted by molar-refractivity contribution is 9.10. The average Bonchev–Trinajstić information content (AvgIpc) is 2.46. The summed E-state index contributed by atoms with van der Waals surface area (Å²) < 4.78 is 0.971. The molecular weight excluding hydrogens is 316 g/mol. The van der Waals surface area contributed by atoms with Gasteiger partial charge < -0.3 is 4.90 Å². The molecule has 0 radical (unpaired) electrons. The van der Waals surface area contributed by atoms with Crippen molar-refractivity contribution in [3.8, 4) is 0 Å². The van der Waals surface area contributed by atoms with Gasteiger partial charge in [0.25, 0.3) is 0 Å². The molecule has 1 aliphatic heterocycles. The van der Waals surface area contributed by atoms with E-state index in [0.717, 1.165) is 41.7 Å². The number of anilines is 1. The smallest absolute Gasteiger partial charge is 0.112 e. The quantitative estimate of drug-likeness (QED) is 0.845. The number of hydrogen-bond donors (Lipinski definition) is 0. The summed E-state index contributed by atoms with van der Waals surface area (Å²) in [7, 11) is 0. The van der Waals surface area contributed by atoms with Crippen molar-refractivity contribution in [2.75, 3.05) is 31.1 Å². The molecule has 3 heterocycles. The lowest BCUT2D eigenvalue weighted by atomic mass is 10.1. The van der Waals surface area contributed by atoms with Gasteiger partial charge in [-0.3, -0.25) is 14.9 Å². The van der Waals surface area contributed by atoms with Crippen molar-refractivity contribution in [3.05, 3.63) is 29.0 Å². The molecule has 1 atom stereocenters. The van der Waals surface area contributed by atoms with Gasteiger partial charge in [0.2, 0.25) is 0 Å². The van der Waals surface area contributed by atoms with Gasteiger partial charge in [0.05, 0.1) is 11.2 Å².